The van der Waals surface area contributed by atoms with E-state index in [1.54, 1.807) is 6.07 Å². The molecule has 0 radical (unpaired) electrons. The van der Waals surface area contributed by atoms with Crippen molar-refractivity contribution >= 4 is 23.3 Å². The van der Waals surface area contributed by atoms with Crippen LogP contribution in [0.4, 0.5) is 15.8 Å². The predicted octanol–water partition coefficient (Wildman–Crippen LogP) is 2.53. The van der Waals surface area contributed by atoms with Gasteiger partial charge < -0.3 is 10.1 Å². The highest BCUT2D eigenvalue weighted by atomic mass is 19.1. The fourth-order valence-electron chi connectivity index (χ4n) is 1.68. The van der Waals surface area contributed by atoms with Crippen LogP contribution in [0.3, 0.4) is 0 Å². The van der Waals surface area contributed by atoms with E-state index in [1.807, 2.05) is 0 Å². The maximum absolute atomic E-state index is 13.3. The van der Waals surface area contributed by atoms with E-state index < -0.39 is 29.2 Å². The minimum absolute atomic E-state index is 0.0242. The van der Waals surface area contributed by atoms with E-state index in [2.05, 4.69) is 5.32 Å². The molecule has 0 saturated carbocycles. The van der Waals surface area contributed by atoms with Crippen molar-refractivity contribution < 1.29 is 23.6 Å². The molecule has 2 rings (SSSR count). The Balaban J connectivity index is 1.90. The van der Waals surface area contributed by atoms with Gasteiger partial charge >= 0.3 is 5.97 Å². The molecule has 0 unspecified atom stereocenters. The normalized spacial score (nSPS) is 9.96. The molecule has 0 heterocycles. The number of nitro benzene ring substituents is 1. The van der Waals surface area contributed by atoms with Crippen molar-refractivity contribution in [2.24, 2.45) is 0 Å². The van der Waals surface area contributed by atoms with Crippen molar-refractivity contribution in [3.63, 3.8) is 0 Å². The second kappa shape index (κ2) is 7.12. The van der Waals surface area contributed by atoms with Crippen molar-refractivity contribution in [3.05, 3.63) is 70.0 Å². The van der Waals surface area contributed by atoms with Gasteiger partial charge in [0.25, 0.3) is 11.6 Å². The topological polar surface area (TPSA) is 98.5 Å². The molecule has 0 atom stereocenters. The summed E-state index contributed by atoms with van der Waals surface area (Å²) < 4.78 is 18.1. The smallest absolute Gasteiger partial charge is 0.338 e. The molecular formula is C15H11FN2O5. The van der Waals surface area contributed by atoms with Gasteiger partial charge in [-0.15, -0.1) is 0 Å². The van der Waals surface area contributed by atoms with Crippen LogP contribution in [0.15, 0.2) is 48.5 Å². The van der Waals surface area contributed by atoms with Crippen LogP contribution < -0.4 is 5.32 Å². The van der Waals surface area contributed by atoms with Crippen LogP contribution >= 0.6 is 0 Å². The fraction of sp³-hybridized carbons (Fsp3) is 0.0667. The number of nitrogens with one attached hydrogen (secondary N) is 1. The number of benzene rings is 2. The standard InChI is InChI=1S/C15H11FN2O5/c16-12-3-1-2-4-13(12)17-14(19)9-23-15(20)10-5-7-11(8-6-10)18(21)22/h1-8H,9H2,(H,17,19). The Morgan fingerprint density at radius 1 is 1.13 bits per heavy atom. The van der Waals surface area contributed by atoms with Crippen LogP contribution in [0.25, 0.3) is 0 Å². The summed E-state index contributed by atoms with van der Waals surface area (Å²) in [6, 6.07) is 10.3. The number of ether oxygens (including phenoxy) is 1. The number of nitrogens with zero attached hydrogens (tertiary/aromatic N) is 1. The van der Waals surface area contributed by atoms with E-state index >= 15 is 0 Å². The zero-order valence-electron chi connectivity index (χ0n) is 11.7. The highest BCUT2D eigenvalue weighted by Gasteiger charge is 2.13. The van der Waals surface area contributed by atoms with Crippen LogP contribution in [-0.2, 0) is 9.53 Å². The SMILES string of the molecule is O=C(COC(=O)c1ccc([N+](=O)[O-])cc1)Nc1ccccc1F. The third-order valence-electron chi connectivity index (χ3n) is 2.80. The van der Waals surface area contributed by atoms with Crippen LogP contribution in [0, 0.1) is 15.9 Å². The first-order valence-electron chi connectivity index (χ1n) is 6.43. The van der Waals surface area contributed by atoms with Crippen molar-refractivity contribution in [1.29, 1.82) is 0 Å². The van der Waals surface area contributed by atoms with E-state index in [0.717, 1.165) is 12.1 Å². The molecule has 0 fully saturated rings. The molecule has 7 nitrogen and oxygen atoms in total. The first-order valence-corrected chi connectivity index (χ1v) is 6.43. The Bertz CT molecular complexity index is 746. The second-order valence-electron chi connectivity index (χ2n) is 4.41. The molecule has 1 amide bonds. The van der Waals surface area contributed by atoms with Crippen LogP contribution in [-0.4, -0.2) is 23.4 Å². The molecule has 8 heteroatoms. The Morgan fingerprint density at radius 2 is 1.78 bits per heavy atom. The minimum Gasteiger partial charge on any atom is -0.452 e. The lowest BCUT2D eigenvalue weighted by atomic mass is 10.2. The predicted molar refractivity (Wildman–Crippen MR) is 78.4 cm³/mol. The Morgan fingerprint density at radius 3 is 2.39 bits per heavy atom. The summed E-state index contributed by atoms with van der Waals surface area (Å²) in [7, 11) is 0. The van der Waals surface area contributed by atoms with Crippen molar-refractivity contribution in [2.75, 3.05) is 11.9 Å². The first-order chi connectivity index (χ1) is 11.0. The number of hydrogen-bond donors (Lipinski definition) is 1. The lowest BCUT2D eigenvalue weighted by Gasteiger charge is -2.07. The van der Waals surface area contributed by atoms with E-state index in [0.29, 0.717) is 0 Å². The van der Waals surface area contributed by atoms with E-state index in [4.69, 9.17) is 4.74 Å². The summed E-state index contributed by atoms with van der Waals surface area (Å²) in [4.78, 5) is 33.2. The number of anilines is 1. The molecule has 0 bridgehead atoms. The van der Waals surface area contributed by atoms with Gasteiger partial charge in [0, 0.05) is 12.1 Å². The number of rotatable bonds is 5. The number of halogens is 1. The van der Waals surface area contributed by atoms with Crippen molar-refractivity contribution in [2.45, 2.75) is 0 Å². The lowest BCUT2D eigenvalue weighted by Crippen LogP contribution is -2.21. The Kier molecular flexibility index (Phi) is 4.98. The third-order valence-corrected chi connectivity index (χ3v) is 2.80. The summed E-state index contributed by atoms with van der Waals surface area (Å²) in [5, 5.41) is 12.8. The zero-order chi connectivity index (χ0) is 16.8. The molecule has 1 N–H and O–H groups in total. The number of non-ortho nitro benzene ring substituents is 1. The van der Waals surface area contributed by atoms with Gasteiger partial charge in [-0.25, -0.2) is 9.18 Å². The number of nitro groups is 1. The fourth-order valence-corrected chi connectivity index (χ4v) is 1.68. The summed E-state index contributed by atoms with van der Waals surface area (Å²) in [5.74, 6) is -2.13. The van der Waals surface area contributed by atoms with Gasteiger partial charge in [-0.3, -0.25) is 14.9 Å². The summed E-state index contributed by atoms with van der Waals surface area (Å²) in [6.45, 7) is -0.607. The largest absolute Gasteiger partial charge is 0.452 e. The summed E-state index contributed by atoms with van der Waals surface area (Å²) in [5.41, 5.74) is -0.128. The van der Waals surface area contributed by atoms with Gasteiger partial charge in [0.1, 0.15) is 5.82 Å². The number of carbonyl (C=O) groups is 2. The maximum atomic E-state index is 13.3. The molecule has 2 aromatic rings. The third kappa shape index (κ3) is 4.34. The molecular weight excluding hydrogens is 307 g/mol. The Hall–Kier alpha value is -3.29. The number of carbonyl (C=O) groups excluding carboxylic acids is 2. The second-order valence-corrected chi connectivity index (χ2v) is 4.41. The van der Waals surface area contributed by atoms with Crippen molar-refractivity contribution in [3.8, 4) is 0 Å². The first kappa shape index (κ1) is 16.1. The zero-order valence-corrected chi connectivity index (χ0v) is 11.7. The number of esters is 1. The quantitative estimate of drug-likeness (QED) is 0.519. The number of para-hydroxylation sites is 1. The molecule has 0 aromatic heterocycles. The van der Waals surface area contributed by atoms with E-state index in [-0.39, 0.29) is 16.9 Å². The summed E-state index contributed by atoms with van der Waals surface area (Å²) >= 11 is 0. The number of hydrogen-bond acceptors (Lipinski definition) is 5. The molecule has 0 aliphatic heterocycles. The number of amides is 1. The van der Waals surface area contributed by atoms with Gasteiger partial charge in [0.2, 0.25) is 0 Å². The molecule has 23 heavy (non-hydrogen) atoms. The highest BCUT2D eigenvalue weighted by molar-refractivity contribution is 5.95. The molecule has 118 valence electrons. The average Bonchev–Trinajstić information content (AvgIpc) is 2.55. The van der Waals surface area contributed by atoms with Gasteiger partial charge in [0.05, 0.1) is 16.2 Å². The van der Waals surface area contributed by atoms with Gasteiger partial charge in [-0.2, -0.15) is 0 Å². The van der Waals surface area contributed by atoms with Gasteiger partial charge in [-0.05, 0) is 24.3 Å². The molecule has 0 saturated heterocycles. The highest BCUT2D eigenvalue weighted by Crippen LogP contribution is 2.14. The maximum Gasteiger partial charge on any atom is 0.338 e. The van der Waals surface area contributed by atoms with E-state index in [9.17, 15) is 24.1 Å². The van der Waals surface area contributed by atoms with E-state index in [1.165, 1.54) is 30.3 Å². The molecule has 0 spiro atoms. The van der Waals surface area contributed by atoms with Gasteiger partial charge in [0.15, 0.2) is 6.61 Å². The van der Waals surface area contributed by atoms with Crippen molar-refractivity contribution in [1.82, 2.24) is 0 Å². The van der Waals surface area contributed by atoms with Crippen LogP contribution in [0.1, 0.15) is 10.4 Å². The minimum atomic E-state index is -0.816. The summed E-state index contributed by atoms with van der Waals surface area (Å²) in [6.07, 6.45) is 0. The average molecular weight is 318 g/mol. The molecule has 0 aliphatic carbocycles. The molecule has 0 aliphatic rings. The van der Waals surface area contributed by atoms with Crippen LogP contribution in [0.2, 0.25) is 0 Å². The van der Waals surface area contributed by atoms with Crippen LogP contribution in [0.5, 0.6) is 0 Å². The monoisotopic (exact) mass is 318 g/mol. The Labute approximate surface area is 129 Å². The molecule has 2 aromatic carbocycles. The lowest BCUT2D eigenvalue weighted by molar-refractivity contribution is -0.384. The van der Waals surface area contributed by atoms with Gasteiger partial charge in [-0.1, -0.05) is 12.1 Å².